The summed E-state index contributed by atoms with van der Waals surface area (Å²) in [6.07, 6.45) is 7.87. The van der Waals surface area contributed by atoms with Crippen molar-refractivity contribution < 1.29 is 23.2 Å². The van der Waals surface area contributed by atoms with E-state index in [1.807, 2.05) is 0 Å². The number of nitrogens with one attached hydrogen (secondary N) is 2. The zero-order chi connectivity index (χ0) is 22.9. The number of rotatable bonds is 9. The third-order valence-corrected chi connectivity index (χ3v) is 5.49. The molecule has 1 saturated carbocycles. The Morgan fingerprint density at radius 1 is 1.16 bits per heavy atom. The molecule has 170 valence electrons. The normalized spacial score (nSPS) is 14.9. The largest absolute Gasteiger partial charge is 0.459 e. The molecule has 0 aliphatic heterocycles. The van der Waals surface area contributed by atoms with Crippen LogP contribution in [0.3, 0.4) is 0 Å². The molecule has 0 bridgehead atoms. The zero-order valence-electron chi connectivity index (χ0n) is 17.9. The molecule has 1 aliphatic rings. The lowest BCUT2D eigenvalue weighted by molar-refractivity contribution is -0.139. The highest BCUT2D eigenvalue weighted by molar-refractivity contribution is 5.95. The van der Waals surface area contributed by atoms with E-state index >= 15 is 0 Å². The molecule has 3 rings (SSSR count). The van der Waals surface area contributed by atoms with E-state index in [1.54, 1.807) is 6.07 Å². The summed E-state index contributed by atoms with van der Waals surface area (Å²) in [7, 11) is 0. The van der Waals surface area contributed by atoms with Gasteiger partial charge in [-0.15, -0.1) is 6.58 Å². The Hall–Kier alpha value is -3.42. The monoisotopic (exact) mass is 441 g/mol. The van der Waals surface area contributed by atoms with E-state index in [9.17, 15) is 18.8 Å². The van der Waals surface area contributed by atoms with Crippen LogP contribution in [0.15, 0.2) is 59.7 Å². The summed E-state index contributed by atoms with van der Waals surface area (Å²) >= 11 is 0. The summed E-state index contributed by atoms with van der Waals surface area (Å²) in [5.41, 5.74) is 0.479. The van der Waals surface area contributed by atoms with E-state index < -0.39 is 23.7 Å². The Balaban J connectivity index is 1.80. The standard InChI is InChI=1S/C24H28FN3O4/c1-2-14-28(21(29)16-26-23(30)20-9-6-15-32-20)22(17-10-12-18(25)13-11-17)24(31)27-19-7-4-3-5-8-19/h2,6,9-13,15,19,22H,1,3-5,7-8,14,16H2,(H,26,30)(H,27,31)/t22-/m0/s1. The molecular weight excluding hydrogens is 413 g/mol. The quantitative estimate of drug-likeness (QED) is 0.584. The Kier molecular flexibility index (Phi) is 8.19. The molecule has 0 radical (unpaired) electrons. The van der Waals surface area contributed by atoms with Crippen LogP contribution < -0.4 is 10.6 Å². The number of carbonyl (C=O) groups is 3. The van der Waals surface area contributed by atoms with Gasteiger partial charge >= 0.3 is 0 Å². The molecule has 7 nitrogen and oxygen atoms in total. The van der Waals surface area contributed by atoms with Crippen LogP contribution in [-0.4, -0.2) is 41.8 Å². The lowest BCUT2D eigenvalue weighted by Crippen LogP contribution is -2.49. The number of amides is 3. The highest BCUT2D eigenvalue weighted by atomic mass is 19.1. The number of hydrogen-bond acceptors (Lipinski definition) is 4. The van der Waals surface area contributed by atoms with Gasteiger partial charge in [-0.1, -0.05) is 37.5 Å². The molecule has 0 unspecified atom stereocenters. The summed E-state index contributed by atoms with van der Waals surface area (Å²) in [6, 6.07) is 7.61. The topological polar surface area (TPSA) is 91.7 Å². The van der Waals surface area contributed by atoms with Gasteiger partial charge in [-0.2, -0.15) is 0 Å². The summed E-state index contributed by atoms with van der Waals surface area (Å²) < 4.78 is 18.6. The molecule has 1 atom stereocenters. The molecule has 0 saturated heterocycles. The minimum absolute atomic E-state index is 0.0403. The summed E-state index contributed by atoms with van der Waals surface area (Å²) in [5.74, 6) is -1.70. The molecule has 3 amide bonds. The van der Waals surface area contributed by atoms with Crippen LogP contribution in [0.1, 0.15) is 54.3 Å². The van der Waals surface area contributed by atoms with Gasteiger partial charge in [0.15, 0.2) is 5.76 Å². The van der Waals surface area contributed by atoms with Crippen molar-refractivity contribution in [3.63, 3.8) is 0 Å². The van der Waals surface area contributed by atoms with Crippen molar-refractivity contribution in [2.45, 2.75) is 44.2 Å². The number of hydrogen-bond donors (Lipinski definition) is 2. The van der Waals surface area contributed by atoms with Crippen LogP contribution in [-0.2, 0) is 9.59 Å². The van der Waals surface area contributed by atoms with Crippen LogP contribution >= 0.6 is 0 Å². The average molecular weight is 442 g/mol. The van der Waals surface area contributed by atoms with Gasteiger partial charge < -0.3 is 20.0 Å². The third kappa shape index (κ3) is 6.06. The highest BCUT2D eigenvalue weighted by Crippen LogP contribution is 2.24. The first-order valence-corrected chi connectivity index (χ1v) is 10.8. The fourth-order valence-electron chi connectivity index (χ4n) is 3.89. The molecule has 1 aliphatic carbocycles. The van der Waals surface area contributed by atoms with Gasteiger partial charge in [-0.3, -0.25) is 14.4 Å². The summed E-state index contributed by atoms with van der Waals surface area (Å²) in [6.45, 7) is 3.44. The molecule has 8 heteroatoms. The minimum Gasteiger partial charge on any atom is -0.459 e. The Labute approximate surface area is 186 Å². The van der Waals surface area contributed by atoms with Gasteiger partial charge in [0, 0.05) is 12.6 Å². The first-order chi connectivity index (χ1) is 15.5. The smallest absolute Gasteiger partial charge is 0.287 e. The molecule has 1 fully saturated rings. The maximum Gasteiger partial charge on any atom is 0.287 e. The molecule has 2 aromatic rings. The van der Waals surface area contributed by atoms with Crippen molar-refractivity contribution in [2.75, 3.05) is 13.1 Å². The van der Waals surface area contributed by atoms with Crippen molar-refractivity contribution in [3.8, 4) is 0 Å². The molecule has 1 aromatic heterocycles. The van der Waals surface area contributed by atoms with E-state index in [4.69, 9.17) is 4.42 Å². The minimum atomic E-state index is -0.983. The second-order valence-electron chi connectivity index (χ2n) is 7.79. The number of halogens is 1. The number of furan rings is 1. The van der Waals surface area contributed by atoms with Crippen LogP contribution in [0.4, 0.5) is 4.39 Å². The van der Waals surface area contributed by atoms with Crippen LogP contribution in [0.5, 0.6) is 0 Å². The maximum absolute atomic E-state index is 13.5. The van der Waals surface area contributed by atoms with E-state index in [0.29, 0.717) is 5.56 Å². The van der Waals surface area contributed by atoms with Crippen molar-refractivity contribution in [1.29, 1.82) is 0 Å². The predicted molar refractivity (Wildman–Crippen MR) is 117 cm³/mol. The van der Waals surface area contributed by atoms with Crippen molar-refractivity contribution in [1.82, 2.24) is 15.5 Å². The van der Waals surface area contributed by atoms with Crippen LogP contribution in [0.25, 0.3) is 0 Å². The van der Waals surface area contributed by atoms with Crippen LogP contribution in [0, 0.1) is 5.82 Å². The highest BCUT2D eigenvalue weighted by Gasteiger charge is 2.32. The van der Waals surface area contributed by atoms with Crippen molar-refractivity contribution in [3.05, 3.63) is 72.5 Å². The lowest BCUT2D eigenvalue weighted by Gasteiger charge is -2.33. The second kappa shape index (κ2) is 11.3. The Morgan fingerprint density at radius 3 is 2.50 bits per heavy atom. The van der Waals surface area contributed by atoms with Gasteiger partial charge in [0.25, 0.3) is 5.91 Å². The molecule has 0 spiro atoms. The van der Waals surface area contributed by atoms with Crippen molar-refractivity contribution in [2.24, 2.45) is 0 Å². The third-order valence-electron chi connectivity index (χ3n) is 5.49. The van der Waals surface area contributed by atoms with E-state index in [2.05, 4.69) is 17.2 Å². The molecule has 2 N–H and O–H groups in total. The fraction of sp³-hybridized carbons (Fsp3) is 0.375. The molecule has 1 aromatic carbocycles. The first kappa shape index (κ1) is 23.2. The predicted octanol–water partition coefficient (Wildman–Crippen LogP) is 3.35. The average Bonchev–Trinajstić information content (AvgIpc) is 3.34. The Bertz CT molecular complexity index is 921. The SMILES string of the molecule is C=CCN(C(=O)CNC(=O)c1ccco1)[C@H](C(=O)NC1CCCCC1)c1ccc(F)cc1. The van der Waals surface area contributed by atoms with E-state index in [-0.39, 0.29) is 30.8 Å². The number of carbonyl (C=O) groups excluding carboxylic acids is 3. The second-order valence-corrected chi connectivity index (χ2v) is 7.79. The fourth-order valence-corrected chi connectivity index (χ4v) is 3.89. The summed E-state index contributed by atoms with van der Waals surface area (Å²) in [4.78, 5) is 39.9. The maximum atomic E-state index is 13.5. The molecule has 1 heterocycles. The first-order valence-electron chi connectivity index (χ1n) is 10.8. The number of nitrogens with zero attached hydrogens (tertiary/aromatic N) is 1. The Morgan fingerprint density at radius 2 is 1.88 bits per heavy atom. The number of benzene rings is 1. The van der Waals surface area contributed by atoms with E-state index in [1.165, 1.54) is 47.6 Å². The van der Waals surface area contributed by atoms with Gasteiger partial charge in [-0.25, -0.2) is 4.39 Å². The molecule has 32 heavy (non-hydrogen) atoms. The summed E-state index contributed by atoms with van der Waals surface area (Å²) in [5, 5.41) is 5.56. The zero-order valence-corrected chi connectivity index (χ0v) is 17.9. The van der Waals surface area contributed by atoms with Gasteiger partial charge in [0.2, 0.25) is 11.8 Å². The van der Waals surface area contributed by atoms with E-state index in [0.717, 1.165) is 32.1 Å². The van der Waals surface area contributed by atoms with Crippen molar-refractivity contribution >= 4 is 17.7 Å². The molecular formula is C24H28FN3O4. The lowest BCUT2D eigenvalue weighted by atomic mass is 9.94. The van der Waals surface area contributed by atoms with Crippen LogP contribution in [0.2, 0.25) is 0 Å². The van der Waals surface area contributed by atoms with Gasteiger partial charge in [0.05, 0.1) is 12.8 Å². The van der Waals surface area contributed by atoms with Gasteiger partial charge in [-0.05, 0) is 42.7 Å². The van der Waals surface area contributed by atoms with Gasteiger partial charge in [0.1, 0.15) is 11.9 Å².